The molecule has 13 nitrogen and oxygen atoms in total. The number of rotatable bonds is 46. The Hall–Kier alpha value is -0.970. The third-order valence-electron chi connectivity index (χ3n) is 14.9. The Labute approximate surface area is 420 Å². The molecule has 13 heteroatoms. The summed E-state index contributed by atoms with van der Waals surface area (Å²) in [6.07, 6.45) is 30.5. The fourth-order valence-electron chi connectivity index (χ4n) is 10.1. The molecule has 2 aliphatic heterocycles. The monoisotopic (exact) mass is 989 g/mol. The molecular formula is C56H108O13. The molecule has 0 aliphatic carbocycles. The fourth-order valence-corrected chi connectivity index (χ4v) is 10.1. The SMILES string of the molecule is CCCCCCCCCCCCCCCCCCCCC[C@H](O)[C@H](CCCCCCCCCCCCCCCCCCCC)C(=O)OC[C@H]1O[C@H](O[C@H]2O[C@H](CO)[C@@H](O)[C@H](O)[C@H]2O)[C@H](O)[C@@H](O)[C@@H]1O. The van der Waals surface area contributed by atoms with E-state index in [1.807, 2.05) is 0 Å². The van der Waals surface area contributed by atoms with Gasteiger partial charge in [0.15, 0.2) is 12.6 Å². The number of unbranched alkanes of at least 4 members (excludes halogenated alkanes) is 35. The first-order valence-corrected chi connectivity index (χ1v) is 29.1. The average Bonchev–Trinajstić information content (AvgIpc) is 3.35. The van der Waals surface area contributed by atoms with E-state index in [4.69, 9.17) is 18.9 Å². The van der Waals surface area contributed by atoms with Crippen molar-refractivity contribution < 1.29 is 64.6 Å². The molecule has 2 fully saturated rings. The van der Waals surface area contributed by atoms with Gasteiger partial charge < -0.3 is 59.8 Å². The number of carbonyl (C=O) groups excluding carboxylic acids is 1. The molecule has 0 unspecified atom stereocenters. The third-order valence-corrected chi connectivity index (χ3v) is 14.9. The minimum atomic E-state index is -1.82. The maximum absolute atomic E-state index is 13.7. The minimum absolute atomic E-state index is 0.454. The second-order valence-electron chi connectivity index (χ2n) is 21.1. The quantitative estimate of drug-likeness (QED) is 0.0211. The van der Waals surface area contributed by atoms with Crippen LogP contribution in [0, 0.1) is 5.92 Å². The summed E-state index contributed by atoms with van der Waals surface area (Å²) in [6.45, 7) is 3.32. The highest BCUT2D eigenvalue weighted by atomic mass is 16.8. The zero-order valence-electron chi connectivity index (χ0n) is 44.0. The predicted octanol–water partition coefficient (Wildman–Crippen LogP) is 10.4. The number of hydrogen-bond donors (Lipinski definition) is 8. The highest BCUT2D eigenvalue weighted by Crippen LogP contribution is 2.29. The molecule has 8 N–H and O–H groups in total. The molecule has 410 valence electrons. The van der Waals surface area contributed by atoms with Crippen LogP contribution < -0.4 is 0 Å². The van der Waals surface area contributed by atoms with Crippen LogP contribution in [0.2, 0.25) is 0 Å². The van der Waals surface area contributed by atoms with E-state index >= 15 is 0 Å². The summed E-state index contributed by atoms with van der Waals surface area (Å²) >= 11 is 0. The number of aliphatic hydroxyl groups excluding tert-OH is 8. The maximum Gasteiger partial charge on any atom is 0.311 e. The standard InChI is InChI=1S/C56H108O13/c1-3-5-7-9-11-13-15-17-19-21-23-25-27-29-31-33-35-37-39-41-45(58)44(40-38-36-34-32-30-28-26-24-22-20-18-16-14-12-10-8-6-4-2)54(65)66-43-47-49(60)51(62)53(64)56(68-47)69-55-52(63)50(61)48(59)46(42-57)67-55/h44-53,55-64H,3-43H2,1-2H3/t44-,45-,46+,47+,48+,49+,50-,51-,52+,53+,55+,56+/m0/s1. The van der Waals surface area contributed by atoms with Crippen LogP contribution in [0.3, 0.4) is 0 Å². The Morgan fingerprint density at radius 1 is 0.406 bits per heavy atom. The predicted molar refractivity (Wildman–Crippen MR) is 273 cm³/mol. The lowest BCUT2D eigenvalue weighted by molar-refractivity contribution is -0.376. The summed E-state index contributed by atoms with van der Waals surface area (Å²) < 4.78 is 22.3. The number of hydrogen-bond acceptors (Lipinski definition) is 13. The van der Waals surface area contributed by atoms with Crippen molar-refractivity contribution >= 4 is 5.97 Å². The molecule has 0 radical (unpaired) electrons. The molecule has 2 saturated heterocycles. The maximum atomic E-state index is 13.7. The second kappa shape index (κ2) is 42.4. The topological polar surface area (TPSA) is 216 Å². The molecule has 0 aromatic carbocycles. The minimum Gasteiger partial charge on any atom is -0.463 e. The Morgan fingerprint density at radius 3 is 1.03 bits per heavy atom. The van der Waals surface area contributed by atoms with Gasteiger partial charge in [-0.3, -0.25) is 4.79 Å². The van der Waals surface area contributed by atoms with Gasteiger partial charge in [-0.1, -0.05) is 251 Å². The molecule has 2 rings (SSSR count). The van der Waals surface area contributed by atoms with E-state index in [-0.39, 0.29) is 0 Å². The Kier molecular flexibility index (Phi) is 39.4. The molecule has 0 spiro atoms. The molecule has 0 bridgehead atoms. The number of ether oxygens (including phenoxy) is 4. The highest BCUT2D eigenvalue weighted by molar-refractivity contribution is 5.73. The van der Waals surface area contributed by atoms with E-state index < -0.39 is 92.6 Å². The molecule has 0 amide bonds. The summed E-state index contributed by atoms with van der Waals surface area (Å²) in [5, 5.41) is 83.8. The Bertz CT molecular complexity index is 1160. The van der Waals surface area contributed by atoms with E-state index in [1.165, 1.54) is 193 Å². The highest BCUT2D eigenvalue weighted by Gasteiger charge is 2.50. The summed E-state index contributed by atoms with van der Waals surface area (Å²) in [4.78, 5) is 13.7. The van der Waals surface area contributed by atoms with E-state index in [0.29, 0.717) is 12.8 Å². The largest absolute Gasteiger partial charge is 0.463 e. The first-order chi connectivity index (χ1) is 33.6. The van der Waals surface area contributed by atoms with Crippen molar-refractivity contribution in [1.29, 1.82) is 0 Å². The lowest BCUT2D eigenvalue weighted by Crippen LogP contribution is -2.63. The second-order valence-corrected chi connectivity index (χ2v) is 21.1. The van der Waals surface area contributed by atoms with Gasteiger partial charge in [0, 0.05) is 0 Å². The van der Waals surface area contributed by atoms with Crippen LogP contribution in [-0.4, -0.2) is 128 Å². The summed E-state index contributed by atoms with van der Waals surface area (Å²) in [5.74, 6) is -1.41. The summed E-state index contributed by atoms with van der Waals surface area (Å²) in [6, 6.07) is 0. The summed E-state index contributed by atoms with van der Waals surface area (Å²) in [5.41, 5.74) is 0. The fraction of sp³-hybridized carbons (Fsp3) is 0.982. The van der Waals surface area contributed by atoms with Crippen LogP contribution in [-0.2, 0) is 23.7 Å². The van der Waals surface area contributed by atoms with Crippen LogP contribution in [0.1, 0.15) is 264 Å². The first kappa shape index (κ1) is 64.1. The van der Waals surface area contributed by atoms with E-state index in [9.17, 15) is 45.6 Å². The molecule has 2 aliphatic rings. The molecule has 69 heavy (non-hydrogen) atoms. The van der Waals surface area contributed by atoms with Gasteiger partial charge in [0.05, 0.1) is 18.6 Å². The lowest BCUT2D eigenvalue weighted by atomic mass is 9.91. The smallest absolute Gasteiger partial charge is 0.311 e. The van der Waals surface area contributed by atoms with Crippen molar-refractivity contribution in [1.82, 2.24) is 0 Å². The molecular weight excluding hydrogens is 881 g/mol. The van der Waals surface area contributed by atoms with Gasteiger partial charge in [-0.05, 0) is 12.8 Å². The third kappa shape index (κ3) is 28.9. The van der Waals surface area contributed by atoms with Crippen molar-refractivity contribution in [2.75, 3.05) is 13.2 Å². The van der Waals surface area contributed by atoms with Gasteiger partial charge in [0.1, 0.15) is 55.4 Å². The van der Waals surface area contributed by atoms with E-state index in [1.54, 1.807) is 0 Å². The van der Waals surface area contributed by atoms with Gasteiger partial charge in [0.2, 0.25) is 0 Å². The Morgan fingerprint density at radius 2 is 0.696 bits per heavy atom. The van der Waals surface area contributed by atoms with Crippen LogP contribution in [0.5, 0.6) is 0 Å². The van der Waals surface area contributed by atoms with Crippen LogP contribution >= 0.6 is 0 Å². The zero-order chi connectivity index (χ0) is 50.3. The molecule has 0 saturated carbocycles. The average molecular weight is 989 g/mol. The lowest BCUT2D eigenvalue weighted by Gasteiger charge is -2.44. The molecule has 0 aromatic heterocycles. The number of esters is 1. The normalized spacial score (nSPS) is 26.1. The van der Waals surface area contributed by atoms with Gasteiger partial charge in [-0.25, -0.2) is 0 Å². The van der Waals surface area contributed by atoms with Crippen molar-refractivity contribution in [2.24, 2.45) is 5.92 Å². The van der Waals surface area contributed by atoms with E-state index in [0.717, 1.165) is 44.9 Å². The van der Waals surface area contributed by atoms with Gasteiger partial charge >= 0.3 is 5.97 Å². The van der Waals surface area contributed by atoms with Gasteiger partial charge in [0.25, 0.3) is 0 Å². The van der Waals surface area contributed by atoms with Crippen molar-refractivity contribution in [2.45, 2.75) is 332 Å². The molecule has 0 aromatic rings. The molecule has 12 atom stereocenters. The zero-order valence-corrected chi connectivity index (χ0v) is 44.0. The van der Waals surface area contributed by atoms with Gasteiger partial charge in [-0.2, -0.15) is 0 Å². The van der Waals surface area contributed by atoms with Crippen LogP contribution in [0.4, 0.5) is 0 Å². The van der Waals surface area contributed by atoms with Crippen molar-refractivity contribution in [3.05, 3.63) is 0 Å². The van der Waals surface area contributed by atoms with Crippen molar-refractivity contribution in [3.63, 3.8) is 0 Å². The summed E-state index contributed by atoms with van der Waals surface area (Å²) in [7, 11) is 0. The van der Waals surface area contributed by atoms with Crippen LogP contribution in [0.15, 0.2) is 0 Å². The van der Waals surface area contributed by atoms with Crippen molar-refractivity contribution in [3.8, 4) is 0 Å². The molecule has 2 heterocycles. The first-order valence-electron chi connectivity index (χ1n) is 29.1. The number of aliphatic hydroxyl groups is 8. The number of carbonyl (C=O) groups is 1. The van der Waals surface area contributed by atoms with Gasteiger partial charge in [-0.15, -0.1) is 0 Å². The van der Waals surface area contributed by atoms with Crippen LogP contribution in [0.25, 0.3) is 0 Å². The van der Waals surface area contributed by atoms with E-state index in [2.05, 4.69) is 13.8 Å². The Balaban J connectivity index is 1.75.